The Labute approximate surface area is 152 Å². The fourth-order valence-electron chi connectivity index (χ4n) is 3.18. The number of aromatic amines is 1. The molecule has 23 heavy (non-hydrogen) atoms. The molecule has 0 amide bonds. The summed E-state index contributed by atoms with van der Waals surface area (Å²) >= 11 is 6.90. The molecule has 1 N–H and O–H groups in total. The van der Waals surface area contributed by atoms with E-state index in [1.807, 2.05) is 6.07 Å². The Kier molecular flexibility index (Phi) is 5.20. The van der Waals surface area contributed by atoms with Gasteiger partial charge in [0.15, 0.2) is 0 Å². The second kappa shape index (κ2) is 7.01. The van der Waals surface area contributed by atoms with Gasteiger partial charge in [0.1, 0.15) is 5.82 Å². The van der Waals surface area contributed by atoms with Gasteiger partial charge in [0, 0.05) is 21.5 Å². The lowest BCUT2D eigenvalue weighted by atomic mass is 10.2. The van der Waals surface area contributed by atoms with Crippen molar-refractivity contribution in [2.24, 2.45) is 0 Å². The van der Waals surface area contributed by atoms with Crippen molar-refractivity contribution in [2.45, 2.75) is 25.4 Å². The molecule has 1 atom stereocenters. The average molecular weight is 444 g/mol. The van der Waals surface area contributed by atoms with E-state index in [4.69, 9.17) is 0 Å². The summed E-state index contributed by atoms with van der Waals surface area (Å²) in [6, 6.07) is 4.30. The van der Waals surface area contributed by atoms with Gasteiger partial charge in [-0.1, -0.05) is 15.9 Å². The minimum Gasteiger partial charge on any atom is -0.309 e. The maximum absolute atomic E-state index is 12.3. The number of halogens is 2. The van der Waals surface area contributed by atoms with Crippen molar-refractivity contribution in [3.63, 3.8) is 0 Å². The van der Waals surface area contributed by atoms with Gasteiger partial charge in [0.05, 0.1) is 17.4 Å². The van der Waals surface area contributed by atoms with Crippen molar-refractivity contribution in [1.82, 2.24) is 19.8 Å². The van der Waals surface area contributed by atoms with Gasteiger partial charge >= 0.3 is 0 Å². The molecule has 124 valence electrons. The lowest BCUT2D eigenvalue weighted by Gasteiger charge is -2.25. The van der Waals surface area contributed by atoms with Crippen molar-refractivity contribution < 1.29 is 0 Å². The normalized spacial score (nSPS) is 19.1. The predicted molar refractivity (Wildman–Crippen MR) is 99.7 cm³/mol. The fraction of sp³-hybridized carbons (Fsp3) is 0.500. The monoisotopic (exact) mass is 442 g/mol. The molecule has 2 heterocycles. The zero-order chi connectivity index (χ0) is 16.6. The van der Waals surface area contributed by atoms with E-state index in [1.54, 1.807) is 6.07 Å². The molecule has 1 fully saturated rings. The van der Waals surface area contributed by atoms with Crippen molar-refractivity contribution in [2.75, 3.05) is 27.2 Å². The van der Waals surface area contributed by atoms with E-state index in [0.29, 0.717) is 29.3 Å². The average Bonchev–Trinajstić information content (AvgIpc) is 2.85. The second-order valence-electron chi connectivity index (χ2n) is 6.27. The number of H-pyrrole nitrogens is 1. The third-order valence-corrected chi connectivity index (χ3v) is 5.45. The molecule has 0 spiro atoms. The van der Waals surface area contributed by atoms with E-state index in [9.17, 15) is 4.79 Å². The predicted octanol–water partition coefficient (Wildman–Crippen LogP) is 2.97. The van der Waals surface area contributed by atoms with Gasteiger partial charge in [-0.15, -0.1) is 0 Å². The lowest BCUT2D eigenvalue weighted by molar-refractivity contribution is 0.212. The van der Waals surface area contributed by atoms with E-state index in [1.165, 1.54) is 19.4 Å². The van der Waals surface area contributed by atoms with Crippen molar-refractivity contribution >= 4 is 42.8 Å². The number of nitrogens with one attached hydrogen (secondary N) is 1. The van der Waals surface area contributed by atoms with Crippen LogP contribution in [0.2, 0.25) is 0 Å². The second-order valence-corrected chi connectivity index (χ2v) is 8.04. The highest BCUT2D eigenvalue weighted by atomic mass is 79.9. The molecular formula is C16H20Br2N4O. The maximum atomic E-state index is 12.3. The summed E-state index contributed by atoms with van der Waals surface area (Å²) in [7, 11) is 4.25. The van der Waals surface area contributed by atoms with Crippen LogP contribution in [0.5, 0.6) is 0 Å². The molecule has 0 radical (unpaired) electrons. The van der Waals surface area contributed by atoms with E-state index in [-0.39, 0.29) is 5.56 Å². The first-order valence-electron chi connectivity index (χ1n) is 7.71. The number of hydrogen-bond acceptors (Lipinski definition) is 4. The van der Waals surface area contributed by atoms with Crippen molar-refractivity contribution in [3.8, 4) is 0 Å². The summed E-state index contributed by atoms with van der Waals surface area (Å²) in [5.41, 5.74) is 0.608. The van der Waals surface area contributed by atoms with Gasteiger partial charge < -0.3 is 9.88 Å². The van der Waals surface area contributed by atoms with Crippen LogP contribution in [0.15, 0.2) is 25.9 Å². The molecule has 7 heteroatoms. The first kappa shape index (κ1) is 17.1. The van der Waals surface area contributed by atoms with Crippen LogP contribution in [0.1, 0.15) is 18.7 Å². The number of hydrogen-bond donors (Lipinski definition) is 1. The number of rotatable bonds is 4. The van der Waals surface area contributed by atoms with Gasteiger partial charge in [0.25, 0.3) is 5.56 Å². The number of nitrogens with zero attached hydrogens (tertiary/aromatic N) is 3. The zero-order valence-corrected chi connectivity index (χ0v) is 16.4. The topological polar surface area (TPSA) is 52.2 Å². The van der Waals surface area contributed by atoms with E-state index in [2.05, 4.69) is 65.7 Å². The zero-order valence-electron chi connectivity index (χ0n) is 13.3. The number of aromatic nitrogens is 2. The fourth-order valence-corrected chi connectivity index (χ4v) is 4.49. The molecule has 0 aliphatic carbocycles. The molecular weight excluding hydrogens is 424 g/mol. The van der Waals surface area contributed by atoms with E-state index < -0.39 is 0 Å². The molecule has 0 saturated carbocycles. The molecule has 1 saturated heterocycles. The first-order chi connectivity index (χ1) is 10.9. The Bertz CT molecular complexity index is 776. The number of benzene rings is 1. The number of fused-ring (bicyclic) bond motifs is 1. The van der Waals surface area contributed by atoms with Gasteiger partial charge in [-0.2, -0.15) is 0 Å². The largest absolute Gasteiger partial charge is 0.309 e. The molecule has 1 aromatic carbocycles. The van der Waals surface area contributed by atoms with E-state index >= 15 is 0 Å². The van der Waals surface area contributed by atoms with Crippen molar-refractivity contribution in [3.05, 3.63) is 37.3 Å². The molecule has 1 aliphatic rings. The number of likely N-dealkylation sites (tertiary alicyclic amines) is 1. The Morgan fingerprint density at radius 3 is 2.91 bits per heavy atom. The minimum atomic E-state index is -0.0987. The van der Waals surface area contributed by atoms with E-state index in [0.717, 1.165) is 15.5 Å². The van der Waals surface area contributed by atoms with Gasteiger partial charge in [-0.05, 0) is 61.5 Å². The van der Waals surface area contributed by atoms with Crippen LogP contribution in [0.4, 0.5) is 0 Å². The third-order valence-electron chi connectivity index (χ3n) is 4.39. The van der Waals surface area contributed by atoms with Crippen molar-refractivity contribution in [1.29, 1.82) is 0 Å². The summed E-state index contributed by atoms with van der Waals surface area (Å²) in [6.07, 6.45) is 2.50. The van der Waals surface area contributed by atoms with Gasteiger partial charge in [-0.3, -0.25) is 9.69 Å². The van der Waals surface area contributed by atoms with Crippen LogP contribution in [-0.2, 0) is 6.54 Å². The molecule has 1 aliphatic heterocycles. The van der Waals surface area contributed by atoms with Crippen LogP contribution in [0.3, 0.4) is 0 Å². The van der Waals surface area contributed by atoms with Crippen LogP contribution < -0.4 is 5.56 Å². The SMILES string of the molecule is CN(Cc1nc2c(Br)cc(Br)cc2c(=O)[nH]1)C[C@@H]1CCCN1C. The summed E-state index contributed by atoms with van der Waals surface area (Å²) in [5, 5.41) is 0.591. The Morgan fingerprint density at radius 1 is 1.43 bits per heavy atom. The highest BCUT2D eigenvalue weighted by molar-refractivity contribution is 9.11. The Hall–Kier alpha value is -0.760. The summed E-state index contributed by atoms with van der Waals surface area (Å²) < 4.78 is 1.69. The molecule has 1 aromatic heterocycles. The highest BCUT2D eigenvalue weighted by Gasteiger charge is 2.22. The molecule has 3 rings (SSSR count). The van der Waals surface area contributed by atoms with Crippen LogP contribution in [0.25, 0.3) is 10.9 Å². The van der Waals surface area contributed by atoms with Crippen LogP contribution in [-0.4, -0.2) is 53.0 Å². The molecule has 5 nitrogen and oxygen atoms in total. The standard InChI is InChI=1S/C16H20Br2N4O/c1-21(8-11-4-3-5-22(11)2)9-14-19-15-12(16(23)20-14)6-10(17)7-13(15)18/h6-7,11H,3-5,8-9H2,1-2H3,(H,19,20,23)/t11-/m0/s1. The summed E-state index contributed by atoms with van der Waals surface area (Å²) in [5.74, 6) is 0.702. The summed E-state index contributed by atoms with van der Waals surface area (Å²) in [6.45, 7) is 2.79. The van der Waals surface area contributed by atoms with Crippen LogP contribution in [0, 0.1) is 0 Å². The molecule has 2 aromatic rings. The summed E-state index contributed by atoms with van der Waals surface area (Å²) in [4.78, 5) is 24.5. The first-order valence-corrected chi connectivity index (χ1v) is 9.29. The quantitative estimate of drug-likeness (QED) is 0.789. The van der Waals surface area contributed by atoms with Crippen LogP contribution >= 0.6 is 31.9 Å². The smallest absolute Gasteiger partial charge is 0.258 e. The maximum Gasteiger partial charge on any atom is 0.258 e. The van der Waals surface area contributed by atoms with Gasteiger partial charge in [0.2, 0.25) is 0 Å². The molecule has 0 unspecified atom stereocenters. The van der Waals surface area contributed by atoms with Gasteiger partial charge in [-0.25, -0.2) is 4.98 Å². The highest BCUT2D eigenvalue weighted by Crippen LogP contribution is 2.25. The molecule has 0 bridgehead atoms. The minimum absolute atomic E-state index is 0.0987. The Balaban J connectivity index is 1.81. The lowest BCUT2D eigenvalue weighted by Crippen LogP contribution is -2.36. The third kappa shape index (κ3) is 3.84. The number of likely N-dealkylation sites (N-methyl/N-ethyl adjacent to an activating group) is 2. The Morgan fingerprint density at radius 2 is 2.22 bits per heavy atom.